The third kappa shape index (κ3) is 2.84. The largest absolute Gasteiger partial charge is 0.368 e. The van der Waals surface area contributed by atoms with Crippen molar-refractivity contribution in [3.8, 4) is 0 Å². The fourth-order valence-corrected chi connectivity index (χ4v) is 3.35. The molecule has 6 nitrogen and oxygen atoms in total. The second kappa shape index (κ2) is 6.20. The van der Waals surface area contributed by atoms with E-state index in [-0.39, 0.29) is 5.91 Å². The normalized spacial score (nSPS) is 15.0. The van der Waals surface area contributed by atoms with Crippen molar-refractivity contribution in [2.45, 2.75) is 13.8 Å². The second-order valence-corrected chi connectivity index (χ2v) is 6.43. The van der Waals surface area contributed by atoms with E-state index in [9.17, 15) is 4.79 Å². The van der Waals surface area contributed by atoms with Gasteiger partial charge in [-0.15, -0.1) is 0 Å². The van der Waals surface area contributed by atoms with Crippen LogP contribution in [0, 0.1) is 13.8 Å². The fourth-order valence-electron chi connectivity index (χ4n) is 3.35. The lowest BCUT2D eigenvalue weighted by Crippen LogP contribution is -2.49. The quantitative estimate of drug-likeness (QED) is 0.721. The summed E-state index contributed by atoms with van der Waals surface area (Å²) in [5.74, 6) is 0.0350. The zero-order valence-electron chi connectivity index (χ0n) is 14.5. The molecule has 4 rings (SSSR count). The number of para-hydroxylation sites is 1. The standard InChI is InChI=1S/C19H21N5O/c1-14-12-18-20-13-17(15(2)24(18)21-14)19(25)23-10-8-22(9-11-23)16-6-4-3-5-7-16/h3-7,12-13H,8-11H2,1-2H3. The monoisotopic (exact) mass is 335 g/mol. The molecule has 1 aliphatic rings. The molecule has 128 valence electrons. The van der Waals surface area contributed by atoms with Gasteiger partial charge < -0.3 is 9.80 Å². The van der Waals surface area contributed by atoms with Gasteiger partial charge >= 0.3 is 0 Å². The van der Waals surface area contributed by atoms with Crippen LogP contribution in [0.1, 0.15) is 21.7 Å². The minimum Gasteiger partial charge on any atom is -0.368 e. The van der Waals surface area contributed by atoms with E-state index in [0.717, 1.165) is 30.1 Å². The minimum absolute atomic E-state index is 0.0350. The molecule has 0 unspecified atom stereocenters. The van der Waals surface area contributed by atoms with Gasteiger partial charge in [0.05, 0.1) is 17.0 Å². The topological polar surface area (TPSA) is 53.7 Å². The molecule has 3 aromatic rings. The molecular weight excluding hydrogens is 314 g/mol. The van der Waals surface area contributed by atoms with E-state index < -0.39 is 0 Å². The second-order valence-electron chi connectivity index (χ2n) is 6.43. The van der Waals surface area contributed by atoms with E-state index >= 15 is 0 Å². The molecule has 1 fully saturated rings. The van der Waals surface area contributed by atoms with E-state index in [2.05, 4.69) is 27.1 Å². The third-order valence-corrected chi connectivity index (χ3v) is 4.76. The maximum atomic E-state index is 12.9. The predicted molar refractivity (Wildman–Crippen MR) is 97.0 cm³/mol. The Labute approximate surface area is 146 Å². The Kier molecular flexibility index (Phi) is 3.87. The van der Waals surface area contributed by atoms with Crippen LogP contribution >= 0.6 is 0 Å². The highest BCUT2D eigenvalue weighted by atomic mass is 16.2. The van der Waals surface area contributed by atoms with Crippen molar-refractivity contribution in [3.05, 3.63) is 59.5 Å². The van der Waals surface area contributed by atoms with Crippen LogP contribution in [0.3, 0.4) is 0 Å². The van der Waals surface area contributed by atoms with Crippen molar-refractivity contribution >= 4 is 17.2 Å². The van der Waals surface area contributed by atoms with Crippen molar-refractivity contribution in [3.63, 3.8) is 0 Å². The average Bonchev–Trinajstić information content (AvgIpc) is 3.04. The summed E-state index contributed by atoms with van der Waals surface area (Å²) in [5, 5.41) is 4.43. The van der Waals surface area contributed by atoms with Crippen LogP contribution in [-0.2, 0) is 0 Å². The van der Waals surface area contributed by atoms with Gasteiger partial charge in [0.15, 0.2) is 5.65 Å². The Balaban J connectivity index is 1.52. The number of hydrogen-bond donors (Lipinski definition) is 0. The number of anilines is 1. The van der Waals surface area contributed by atoms with Gasteiger partial charge in [0, 0.05) is 44.1 Å². The number of fused-ring (bicyclic) bond motifs is 1. The van der Waals surface area contributed by atoms with Gasteiger partial charge in [-0.3, -0.25) is 4.79 Å². The lowest BCUT2D eigenvalue weighted by molar-refractivity contribution is 0.0745. The molecule has 0 aliphatic carbocycles. The number of hydrogen-bond acceptors (Lipinski definition) is 4. The summed E-state index contributed by atoms with van der Waals surface area (Å²) in [6, 6.07) is 12.2. The molecule has 6 heteroatoms. The first-order chi connectivity index (χ1) is 12.1. The molecule has 1 aromatic carbocycles. The summed E-state index contributed by atoms with van der Waals surface area (Å²) in [5.41, 5.74) is 4.36. The number of carbonyl (C=O) groups is 1. The summed E-state index contributed by atoms with van der Waals surface area (Å²) < 4.78 is 1.75. The van der Waals surface area contributed by atoms with Crippen LogP contribution in [0.2, 0.25) is 0 Å². The van der Waals surface area contributed by atoms with Crippen LogP contribution < -0.4 is 4.90 Å². The highest BCUT2D eigenvalue weighted by Gasteiger charge is 2.24. The number of aryl methyl sites for hydroxylation is 2. The first-order valence-electron chi connectivity index (χ1n) is 8.55. The summed E-state index contributed by atoms with van der Waals surface area (Å²) >= 11 is 0. The van der Waals surface area contributed by atoms with Gasteiger partial charge in [0.2, 0.25) is 0 Å². The van der Waals surface area contributed by atoms with E-state index in [4.69, 9.17) is 0 Å². The highest BCUT2D eigenvalue weighted by Crippen LogP contribution is 2.18. The van der Waals surface area contributed by atoms with Crippen molar-refractivity contribution in [1.82, 2.24) is 19.5 Å². The average molecular weight is 335 g/mol. The Morgan fingerprint density at radius 2 is 1.76 bits per heavy atom. The summed E-state index contributed by atoms with van der Waals surface area (Å²) in [4.78, 5) is 21.5. The van der Waals surface area contributed by atoms with E-state index in [1.165, 1.54) is 5.69 Å². The van der Waals surface area contributed by atoms with Crippen molar-refractivity contribution in [1.29, 1.82) is 0 Å². The number of aromatic nitrogens is 3. The molecule has 0 N–H and O–H groups in total. The molecule has 0 radical (unpaired) electrons. The SMILES string of the molecule is Cc1cc2ncc(C(=O)N3CCN(c4ccccc4)CC3)c(C)n2n1. The summed E-state index contributed by atoms with van der Waals surface area (Å²) in [6.45, 7) is 6.95. The minimum atomic E-state index is 0.0350. The van der Waals surface area contributed by atoms with E-state index in [1.807, 2.05) is 43.0 Å². The van der Waals surface area contributed by atoms with Crippen LogP contribution in [0.4, 0.5) is 5.69 Å². The van der Waals surface area contributed by atoms with Crippen LogP contribution in [0.25, 0.3) is 5.65 Å². The lowest BCUT2D eigenvalue weighted by Gasteiger charge is -2.36. The Bertz CT molecular complexity index is 910. The number of amides is 1. The number of benzene rings is 1. The zero-order chi connectivity index (χ0) is 17.4. The van der Waals surface area contributed by atoms with Gasteiger partial charge in [-0.1, -0.05) is 18.2 Å². The first kappa shape index (κ1) is 15.6. The Hall–Kier alpha value is -2.89. The van der Waals surface area contributed by atoms with Crippen LogP contribution in [-0.4, -0.2) is 51.6 Å². The molecule has 2 aromatic heterocycles. The van der Waals surface area contributed by atoms with Gasteiger partial charge in [-0.05, 0) is 26.0 Å². The molecule has 1 amide bonds. The third-order valence-electron chi connectivity index (χ3n) is 4.76. The van der Waals surface area contributed by atoms with Gasteiger partial charge in [0.25, 0.3) is 5.91 Å². The lowest BCUT2D eigenvalue weighted by atomic mass is 10.2. The first-order valence-corrected chi connectivity index (χ1v) is 8.55. The number of rotatable bonds is 2. The molecule has 0 bridgehead atoms. The molecular formula is C19H21N5O. The number of nitrogens with zero attached hydrogens (tertiary/aromatic N) is 5. The van der Waals surface area contributed by atoms with Gasteiger partial charge in [-0.2, -0.15) is 5.10 Å². The summed E-state index contributed by atoms with van der Waals surface area (Å²) in [7, 11) is 0. The molecule has 0 spiro atoms. The molecule has 25 heavy (non-hydrogen) atoms. The maximum absolute atomic E-state index is 12.9. The Morgan fingerprint density at radius 1 is 1.04 bits per heavy atom. The molecule has 0 atom stereocenters. The van der Waals surface area contributed by atoms with Crippen molar-refractivity contribution in [2.75, 3.05) is 31.1 Å². The smallest absolute Gasteiger partial charge is 0.257 e. The van der Waals surface area contributed by atoms with Crippen molar-refractivity contribution < 1.29 is 4.79 Å². The van der Waals surface area contributed by atoms with Gasteiger partial charge in [-0.25, -0.2) is 9.50 Å². The summed E-state index contributed by atoms with van der Waals surface area (Å²) in [6.07, 6.45) is 1.68. The molecule has 0 saturated carbocycles. The van der Waals surface area contributed by atoms with Crippen molar-refractivity contribution in [2.24, 2.45) is 0 Å². The van der Waals surface area contributed by atoms with Gasteiger partial charge in [0.1, 0.15) is 0 Å². The zero-order valence-corrected chi connectivity index (χ0v) is 14.5. The van der Waals surface area contributed by atoms with Crippen LogP contribution in [0.5, 0.6) is 0 Å². The molecule has 1 saturated heterocycles. The van der Waals surface area contributed by atoms with E-state index in [0.29, 0.717) is 18.7 Å². The van der Waals surface area contributed by atoms with E-state index in [1.54, 1.807) is 10.7 Å². The van der Waals surface area contributed by atoms with Crippen LogP contribution in [0.15, 0.2) is 42.6 Å². The highest BCUT2D eigenvalue weighted by molar-refractivity contribution is 5.95. The maximum Gasteiger partial charge on any atom is 0.257 e. The molecule has 1 aliphatic heterocycles. The Morgan fingerprint density at radius 3 is 2.48 bits per heavy atom. The number of carbonyl (C=O) groups excluding carboxylic acids is 1. The fraction of sp³-hybridized carbons (Fsp3) is 0.316. The number of piperazine rings is 1. The predicted octanol–water partition coefficient (Wildman–Crippen LogP) is 2.31. The molecule has 3 heterocycles.